The molecule has 2 aromatic rings. The number of carbonyl (C=O) groups excluding carboxylic acids is 2. The molecule has 4 heteroatoms. The molecule has 1 aliphatic rings. The van der Waals surface area contributed by atoms with Gasteiger partial charge in [0, 0.05) is 12.2 Å². The lowest BCUT2D eigenvalue weighted by Crippen LogP contribution is -2.28. The lowest BCUT2D eigenvalue weighted by molar-refractivity contribution is -0.121. The largest absolute Gasteiger partial charge is 0.356 e. The molecule has 2 aromatic carbocycles. The van der Waals surface area contributed by atoms with Crippen LogP contribution >= 0.6 is 0 Å². The summed E-state index contributed by atoms with van der Waals surface area (Å²) in [6.07, 6.45) is 0.984. The van der Waals surface area contributed by atoms with Gasteiger partial charge in [-0.1, -0.05) is 48.5 Å². The van der Waals surface area contributed by atoms with Crippen LogP contribution in [-0.2, 0) is 16.0 Å². The Bertz CT molecular complexity index is 682. The average Bonchev–Trinajstić information content (AvgIpc) is 2.84. The molecule has 0 aliphatic carbocycles. The summed E-state index contributed by atoms with van der Waals surface area (Å²) < 4.78 is 0. The molecule has 0 aromatic heterocycles. The summed E-state index contributed by atoms with van der Waals surface area (Å²) in [7, 11) is 0. The van der Waals surface area contributed by atoms with Crippen molar-refractivity contribution >= 4 is 17.5 Å². The van der Waals surface area contributed by atoms with Gasteiger partial charge in [0.15, 0.2) is 0 Å². The van der Waals surface area contributed by atoms with Gasteiger partial charge in [-0.3, -0.25) is 9.59 Å². The lowest BCUT2D eigenvalue weighted by Gasteiger charge is -2.10. The van der Waals surface area contributed by atoms with Crippen LogP contribution in [-0.4, -0.2) is 18.4 Å². The van der Waals surface area contributed by atoms with Crippen molar-refractivity contribution in [2.75, 3.05) is 11.9 Å². The average molecular weight is 294 g/mol. The fourth-order valence-electron chi connectivity index (χ4n) is 2.76. The molecule has 1 unspecified atom stereocenters. The van der Waals surface area contributed by atoms with Gasteiger partial charge in [-0.15, -0.1) is 0 Å². The zero-order valence-electron chi connectivity index (χ0n) is 12.2. The highest BCUT2D eigenvalue weighted by Gasteiger charge is 2.29. The van der Waals surface area contributed by atoms with Crippen LogP contribution in [0.4, 0.5) is 5.69 Å². The van der Waals surface area contributed by atoms with Crippen LogP contribution in [0, 0.1) is 0 Å². The van der Waals surface area contributed by atoms with Crippen LogP contribution in [0.15, 0.2) is 54.6 Å². The van der Waals surface area contributed by atoms with Gasteiger partial charge in [-0.25, -0.2) is 0 Å². The third-order valence-electron chi connectivity index (χ3n) is 3.87. The second-order valence-electron chi connectivity index (χ2n) is 5.43. The number of hydrogen-bond donors (Lipinski definition) is 2. The number of amides is 2. The fraction of sp³-hybridized carbons (Fsp3) is 0.222. The van der Waals surface area contributed by atoms with E-state index in [9.17, 15) is 9.59 Å². The molecule has 0 spiro atoms. The van der Waals surface area contributed by atoms with E-state index < -0.39 is 0 Å². The first kappa shape index (κ1) is 14.3. The van der Waals surface area contributed by atoms with Crippen LogP contribution in [0.3, 0.4) is 0 Å². The lowest BCUT2D eigenvalue weighted by atomic mass is 9.97. The van der Waals surface area contributed by atoms with Crippen molar-refractivity contribution in [3.8, 4) is 0 Å². The summed E-state index contributed by atoms with van der Waals surface area (Å²) in [5, 5.41) is 5.76. The van der Waals surface area contributed by atoms with Crippen LogP contribution < -0.4 is 10.6 Å². The number of anilines is 1. The van der Waals surface area contributed by atoms with Crippen molar-refractivity contribution in [1.82, 2.24) is 5.32 Å². The Hall–Kier alpha value is -2.62. The van der Waals surface area contributed by atoms with E-state index in [1.807, 2.05) is 54.6 Å². The summed E-state index contributed by atoms with van der Waals surface area (Å²) in [6, 6.07) is 17.3. The second-order valence-corrected chi connectivity index (χ2v) is 5.43. The van der Waals surface area contributed by atoms with Crippen LogP contribution in [0.1, 0.15) is 23.5 Å². The molecule has 2 amide bonds. The third-order valence-corrected chi connectivity index (χ3v) is 3.87. The Kier molecular flexibility index (Phi) is 4.19. The zero-order chi connectivity index (χ0) is 15.4. The smallest absolute Gasteiger partial charge is 0.232 e. The van der Waals surface area contributed by atoms with E-state index in [0.717, 1.165) is 16.8 Å². The minimum atomic E-state index is -0.173. The first-order valence-corrected chi connectivity index (χ1v) is 7.44. The van der Waals surface area contributed by atoms with E-state index in [0.29, 0.717) is 19.4 Å². The molecular weight excluding hydrogens is 276 g/mol. The number of rotatable bonds is 5. The summed E-state index contributed by atoms with van der Waals surface area (Å²) in [4.78, 5) is 23.9. The Balaban J connectivity index is 1.51. The van der Waals surface area contributed by atoms with Gasteiger partial charge >= 0.3 is 0 Å². The molecule has 4 nitrogen and oxygen atoms in total. The molecule has 1 aliphatic heterocycles. The maximum Gasteiger partial charge on any atom is 0.232 e. The maximum atomic E-state index is 12.0. The van der Waals surface area contributed by atoms with Gasteiger partial charge in [0.1, 0.15) is 0 Å². The summed E-state index contributed by atoms with van der Waals surface area (Å²) >= 11 is 0. The molecule has 1 heterocycles. The monoisotopic (exact) mass is 294 g/mol. The molecule has 0 saturated heterocycles. The van der Waals surface area contributed by atoms with Crippen LogP contribution in [0.2, 0.25) is 0 Å². The Morgan fingerprint density at radius 3 is 2.59 bits per heavy atom. The fourth-order valence-corrected chi connectivity index (χ4v) is 2.76. The van der Waals surface area contributed by atoms with Crippen molar-refractivity contribution in [3.05, 3.63) is 65.7 Å². The van der Waals surface area contributed by atoms with Gasteiger partial charge in [0.25, 0.3) is 0 Å². The summed E-state index contributed by atoms with van der Waals surface area (Å²) in [6.45, 7) is 0.498. The highest BCUT2D eigenvalue weighted by Crippen LogP contribution is 2.33. The highest BCUT2D eigenvalue weighted by atomic mass is 16.2. The molecule has 2 N–H and O–H groups in total. The minimum Gasteiger partial charge on any atom is -0.356 e. The molecule has 1 atom stereocenters. The maximum absolute atomic E-state index is 12.0. The molecular formula is C18H18N2O2. The minimum absolute atomic E-state index is 0.0125. The van der Waals surface area contributed by atoms with Crippen LogP contribution in [0.25, 0.3) is 0 Å². The summed E-state index contributed by atoms with van der Waals surface area (Å²) in [5.41, 5.74) is 2.89. The van der Waals surface area contributed by atoms with E-state index in [4.69, 9.17) is 0 Å². The molecule has 112 valence electrons. The Labute approximate surface area is 129 Å². The number of benzene rings is 2. The topological polar surface area (TPSA) is 58.2 Å². The van der Waals surface area contributed by atoms with Crippen molar-refractivity contribution < 1.29 is 9.59 Å². The van der Waals surface area contributed by atoms with E-state index in [1.165, 1.54) is 0 Å². The molecule has 0 bridgehead atoms. The van der Waals surface area contributed by atoms with Crippen molar-refractivity contribution in [2.24, 2.45) is 0 Å². The molecule has 0 fully saturated rings. The van der Waals surface area contributed by atoms with Gasteiger partial charge < -0.3 is 10.6 Å². The van der Waals surface area contributed by atoms with Gasteiger partial charge in [0.05, 0.1) is 12.3 Å². The van der Waals surface area contributed by atoms with Gasteiger partial charge in [-0.05, 0) is 23.6 Å². The van der Waals surface area contributed by atoms with E-state index in [2.05, 4.69) is 10.6 Å². The number of nitrogens with one attached hydrogen (secondary N) is 2. The van der Waals surface area contributed by atoms with Crippen molar-refractivity contribution in [3.63, 3.8) is 0 Å². The molecule has 3 rings (SSSR count). The number of carbonyl (C=O) groups is 2. The quantitative estimate of drug-likeness (QED) is 0.890. The molecule has 22 heavy (non-hydrogen) atoms. The number of fused-ring (bicyclic) bond motifs is 1. The highest BCUT2D eigenvalue weighted by molar-refractivity contribution is 6.02. The number of para-hydroxylation sites is 1. The second kappa shape index (κ2) is 6.43. The number of hydrogen-bond acceptors (Lipinski definition) is 2. The summed E-state index contributed by atoms with van der Waals surface area (Å²) in [5.74, 6) is -0.176. The van der Waals surface area contributed by atoms with E-state index >= 15 is 0 Å². The standard InChI is InChI=1S/C18H18N2O2/c21-17(12-13-6-2-1-3-7-13)19-11-10-15-14-8-4-5-9-16(14)20-18(15)22/h1-9,15H,10-12H2,(H,19,21)(H,20,22). The van der Waals surface area contributed by atoms with Gasteiger partial charge in [0.2, 0.25) is 11.8 Å². The third kappa shape index (κ3) is 3.17. The zero-order valence-corrected chi connectivity index (χ0v) is 12.2. The predicted molar refractivity (Wildman–Crippen MR) is 85.6 cm³/mol. The molecule has 0 radical (unpaired) electrons. The van der Waals surface area contributed by atoms with Crippen molar-refractivity contribution in [1.29, 1.82) is 0 Å². The normalized spacial score (nSPS) is 16.0. The van der Waals surface area contributed by atoms with Gasteiger partial charge in [-0.2, -0.15) is 0 Å². The van der Waals surface area contributed by atoms with E-state index in [1.54, 1.807) is 0 Å². The molecule has 0 saturated carbocycles. The Morgan fingerprint density at radius 2 is 1.77 bits per heavy atom. The van der Waals surface area contributed by atoms with E-state index in [-0.39, 0.29) is 17.7 Å². The SMILES string of the molecule is O=C(Cc1ccccc1)NCCC1C(=O)Nc2ccccc21. The first-order valence-electron chi connectivity index (χ1n) is 7.44. The van der Waals surface area contributed by atoms with Crippen LogP contribution in [0.5, 0.6) is 0 Å². The van der Waals surface area contributed by atoms with Crippen molar-refractivity contribution in [2.45, 2.75) is 18.8 Å². The first-order chi connectivity index (χ1) is 10.7. The predicted octanol–water partition coefficient (Wildman–Crippen LogP) is 2.47. The Morgan fingerprint density at radius 1 is 1.05 bits per heavy atom.